The van der Waals surface area contributed by atoms with E-state index in [2.05, 4.69) is 57.4 Å². The maximum atomic E-state index is 4.52. The third kappa shape index (κ3) is 5.46. The summed E-state index contributed by atoms with van der Waals surface area (Å²) in [6.07, 6.45) is 5.11. The van der Waals surface area contributed by atoms with E-state index in [1.165, 1.54) is 44.5 Å². The Labute approximate surface area is 153 Å². The number of rotatable bonds is 5. The number of hydrogen-bond acceptors (Lipinski definition) is 2. The van der Waals surface area contributed by atoms with Crippen molar-refractivity contribution in [2.45, 2.75) is 32.6 Å². The third-order valence-corrected chi connectivity index (χ3v) is 5.65. The molecule has 1 aromatic rings. The zero-order valence-electron chi connectivity index (χ0n) is 16.0. The Hall–Kier alpha value is -1.55. The highest BCUT2D eigenvalue weighted by molar-refractivity contribution is 5.80. The Balaban J connectivity index is 1.39. The van der Waals surface area contributed by atoms with Crippen molar-refractivity contribution in [1.82, 2.24) is 15.1 Å². The molecule has 2 saturated heterocycles. The van der Waals surface area contributed by atoms with E-state index >= 15 is 0 Å². The number of benzene rings is 1. The normalized spacial score (nSPS) is 25.4. The predicted molar refractivity (Wildman–Crippen MR) is 106 cm³/mol. The van der Waals surface area contributed by atoms with Gasteiger partial charge in [0.05, 0.1) is 0 Å². The van der Waals surface area contributed by atoms with Crippen LogP contribution < -0.4 is 5.32 Å². The second-order valence-corrected chi connectivity index (χ2v) is 7.81. The number of piperidine rings is 1. The number of nitrogens with zero attached hydrogens (tertiary/aromatic N) is 3. The molecule has 4 heteroatoms. The minimum Gasteiger partial charge on any atom is -0.356 e. The molecule has 2 fully saturated rings. The highest BCUT2D eigenvalue weighted by Crippen LogP contribution is 2.18. The van der Waals surface area contributed by atoms with Crippen LogP contribution in [0.2, 0.25) is 0 Å². The molecule has 2 atom stereocenters. The molecule has 0 aromatic heterocycles. The lowest BCUT2D eigenvalue weighted by atomic mass is 10.0. The van der Waals surface area contributed by atoms with Crippen LogP contribution in [0.3, 0.4) is 0 Å². The summed E-state index contributed by atoms with van der Waals surface area (Å²) in [5.74, 6) is 2.64. The SMILES string of the molecule is CN=C(NCC1CCN(CCc2ccccc2)C1)N1CCCC(C)C1. The Morgan fingerprint density at radius 3 is 2.76 bits per heavy atom. The average Bonchev–Trinajstić information content (AvgIpc) is 3.09. The van der Waals surface area contributed by atoms with Gasteiger partial charge in [0.2, 0.25) is 0 Å². The molecule has 138 valence electrons. The van der Waals surface area contributed by atoms with E-state index in [9.17, 15) is 0 Å². The van der Waals surface area contributed by atoms with E-state index in [4.69, 9.17) is 0 Å². The first kappa shape index (κ1) is 18.2. The molecular formula is C21H34N4. The predicted octanol–water partition coefficient (Wildman–Crippen LogP) is 2.86. The summed E-state index contributed by atoms with van der Waals surface area (Å²) < 4.78 is 0. The largest absolute Gasteiger partial charge is 0.356 e. The molecule has 0 aliphatic carbocycles. The topological polar surface area (TPSA) is 30.9 Å². The average molecular weight is 343 g/mol. The lowest BCUT2D eigenvalue weighted by Crippen LogP contribution is -2.47. The van der Waals surface area contributed by atoms with Crippen LogP contribution in [0, 0.1) is 11.8 Å². The summed E-state index contributed by atoms with van der Waals surface area (Å²) in [7, 11) is 1.92. The maximum absolute atomic E-state index is 4.52. The van der Waals surface area contributed by atoms with E-state index in [1.807, 2.05) is 7.05 Å². The van der Waals surface area contributed by atoms with Crippen LogP contribution in [-0.2, 0) is 6.42 Å². The molecule has 0 saturated carbocycles. The number of aliphatic imine (C=N–C) groups is 1. The minimum absolute atomic E-state index is 0.745. The van der Waals surface area contributed by atoms with Crippen LogP contribution >= 0.6 is 0 Å². The summed E-state index contributed by atoms with van der Waals surface area (Å²) in [5, 5.41) is 3.65. The van der Waals surface area contributed by atoms with Crippen molar-refractivity contribution in [3.8, 4) is 0 Å². The summed E-state index contributed by atoms with van der Waals surface area (Å²) in [6.45, 7) is 9.33. The zero-order valence-corrected chi connectivity index (χ0v) is 16.0. The number of hydrogen-bond donors (Lipinski definition) is 1. The van der Waals surface area contributed by atoms with Gasteiger partial charge in [-0.2, -0.15) is 0 Å². The monoisotopic (exact) mass is 342 g/mol. The van der Waals surface area contributed by atoms with Gasteiger partial charge in [-0.15, -0.1) is 0 Å². The molecule has 0 spiro atoms. The second-order valence-electron chi connectivity index (χ2n) is 7.81. The van der Waals surface area contributed by atoms with Gasteiger partial charge in [-0.05, 0) is 49.6 Å². The Kier molecular flexibility index (Phi) is 6.74. The van der Waals surface area contributed by atoms with Gasteiger partial charge in [0, 0.05) is 39.8 Å². The molecule has 3 rings (SSSR count). The highest BCUT2D eigenvalue weighted by Gasteiger charge is 2.24. The standard InChI is InChI=1S/C21H34N4/c1-18-7-6-12-25(16-18)21(22-2)23-15-20-11-14-24(17-20)13-10-19-8-4-3-5-9-19/h3-5,8-9,18,20H,6-7,10-17H2,1-2H3,(H,22,23). The molecule has 2 heterocycles. The van der Waals surface area contributed by atoms with E-state index in [0.717, 1.165) is 43.9 Å². The Bertz CT molecular complexity index is 542. The molecule has 2 aliphatic heterocycles. The van der Waals surface area contributed by atoms with Crippen LogP contribution in [0.5, 0.6) is 0 Å². The summed E-state index contributed by atoms with van der Waals surface area (Å²) >= 11 is 0. The van der Waals surface area contributed by atoms with Gasteiger partial charge in [-0.1, -0.05) is 37.3 Å². The van der Waals surface area contributed by atoms with Gasteiger partial charge in [-0.25, -0.2) is 0 Å². The molecule has 2 unspecified atom stereocenters. The lowest BCUT2D eigenvalue weighted by molar-refractivity contribution is 0.264. The molecule has 1 N–H and O–H groups in total. The zero-order chi connectivity index (χ0) is 17.5. The quantitative estimate of drug-likeness (QED) is 0.659. The van der Waals surface area contributed by atoms with Gasteiger partial charge in [0.15, 0.2) is 5.96 Å². The van der Waals surface area contributed by atoms with Crippen LogP contribution in [0.1, 0.15) is 31.7 Å². The summed E-state index contributed by atoms with van der Waals surface area (Å²) in [4.78, 5) is 9.58. The molecule has 0 amide bonds. The van der Waals surface area contributed by atoms with Crippen LogP contribution in [-0.4, -0.2) is 62.1 Å². The minimum atomic E-state index is 0.745. The molecule has 1 aromatic carbocycles. The Morgan fingerprint density at radius 2 is 2.00 bits per heavy atom. The first-order valence-electron chi connectivity index (χ1n) is 9.96. The highest BCUT2D eigenvalue weighted by atomic mass is 15.3. The van der Waals surface area contributed by atoms with E-state index in [1.54, 1.807) is 0 Å². The smallest absolute Gasteiger partial charge is 0.193 e. The fourth-order valence-electron chi connectivity index (χ4n) is 4.16. The molecule has 2 aliphatic rings. The van der Waals surface area contributed by atoms with Gasteiger partial charge < -0.3 is 15.1 Å². The molecule has 0 bridgehead atoms. The van der Waals surface area contributed by atoms with Gasteiger partial charge in [0.25, 0.3) is 0 Å². The third-order valence-electron chi connectivity index (χ3n) is 5.65. The van der Waals surface area contributed by atoms with Crippen molar-refractivity contribution < 1.29 is 0 Å². The van der Waals surface area contributed by atoms with Crippen molar-refractivity contribution in [2.24, 2.45) is 16.8 Å². The van der Waals surface area contributed by atoms with Crippen molar-refractivity contribution >= 4 is 5.96 Å². The van der Waals surface area contributed by atoms with Crippen LogP contribution in [0.25, 0.3) is 0 Å². The summed E-state index contributed by atoms with van der Waals surface area (Å²) in [6, 6.07) is 10.8. The molecule has 25 heavy (non-hydrogen) atoms. The summed E-state index contributed by atoms with van der Waals surface area (Å²) in [5.41, 5.74) is 1.45. The van der Waals surface area contributed by atoms with E-state index in [0.29, 0.717) is 0 Å². The van der Waals surface area contributed by atoms with Crippen molar-refractivity contribution in [1.29, 1.82) is 0 Å². The fraction of sp³-hybridized carbons (Fsp3) is 0.667. The maximum Gasteiger partial charge on any atom is 0.193 e. The molecular weight excluding hydrogens is 308 g/mol. The van der Waals surface area contributed by atoms with E-state index in [-0.39, 0.29) is 0 Å². The second kappa shape index (κ2) is 9.23. The first-order valence-corrected chi connectivity index (χ1v) is 9.96. The van der Waals surface area contributed by atoms with Gasteiger partial charge >= 0.3 is 0 Å². The number of nitrogens with one attached hydrogen (secondary N) is 1. The van der Waals surface area contributed by atoms with Crippen molar-refractivity contribution in [2.75, 3.05) is 46.3 Å². The van der Waals surface area contributed by atoms with Crippen molar-refractivity contribution in [3.63, 3.8) is 0 Å². The van der Waals surface area contributed by atoms with Crippen LogP contribution in [0.15, 0.2) is 35.3 Å². The van der Waals surface area contributed by atoms with E-state index < -0.39 is 0 Å². The van der Waals surface area contributed by atoms with Gasteiger partial charge in [-0.3, -0.25) is 4.99 Å². The van der Waals surface area contributed by atoms with Crippen molar-refractivity contribution in [3.05, 3.63) is 35.9 Å². The fourth-order valence-corrected chi connectivity index (χ4v) is 4.16. The first-order chi connectivity index (χ1) is 12.2. The molecule has 0 radical (unpaired) electrons. The molecule has 4 nitrogen and oxygen atoms in total. The number of guanidine groups is 1. The van der Waals surface area contributed by atoms with Gasteiger partial charge in [0.1, 0.15) is 0 Å². The Morgan fingerprint density at radius 1 is 1.16 bits per heavy atom. The number of likely N-dealkylation sites (tertiary alicyclic amines) is 2. The lowest BCUT2D eigenvalue weighted by Gasteiger charge is -2.34. The van der Waals surface area contributed by atoms with Crippen LogP contribution in [0.4, 0.5) is 0 Å².